The SMILES string of the molecule is CCC1CN(c2nnc(Cc3ccc(F)cc3)s2)CCN1CC(C)O. The summed E-state index contributed by atoms with van der Waals surface area (Å²) in [6.45, 7) is 7.48. The minimum absolute atomic E-state index is 0.220. The first kappa shape index (κ1) is 18.2. The van der Waals surface area contributed by atoms with Crippen molar-refractivity contribution in [2.75, 3.05) is 31.1 Å². The van der Waals surface area contributed by atoms with Crippen molar-refractivity contribution in [3.8, 4) is 0 Å². The molecule has 2 unspecified atom stereocenters. The van der Waals surface area contributed by atoms with Crippen LogP contribution in [0.3, 0.4) is 0 Å². The van der Waals surface area contributed by atoms with E-state index in [1.54, 1.807) is 23.5 Å². The number of β-amino-alcohol motifs (C(OH)–C–C–N with tert-alkyl or cyclic N) is 1. The lowest BCUT2D eigenvalue weighted by atomic mass is 10.1. The normalized spacial score (nSPS) is 20.0. The van der Waals surface area contributed by atoms with Gasteiger partial charge in [0.05, 0.1) is 6.10 Å². The van der Waals surface area contributed by atoms with Gasteiger partial charge in [0.25, 0.3) is 0 Å². The molecule has 0 aliphatic carbocycles. The maximum Gasteiger partial charge on any atom is 0.208 e. The molecule has 136 valence electrons. The van der Waals surface area contributed by atoms with Crippen LogP contribution in [0.25, 0.3) is 0 Å². The number of aliphatic hydroxyl groups excluding tert-OH is 1. The third kappa shape index (κ3) is 4.74. The van der Waals surface area contributed by atoms with Crippen LogP contribution in [0.2, 0.25) is 0 Å². The first-order valence-electron chi connectivity index (χ1n) is 8.79. The van der Waals surface area contributed by atoms with Gasteiger partial charge in [-0.05, 0) is 31.0 Å². The van der Waals surface area contributed by atoms with Crippen LogP contribution in [0.5, 0.6) is 0 Å². The highest BCUT2D eigenvalue weighted by Gasteiger charge is 2.28. The Morgan fingerprint density at radius 3 is 2.72 bits per heavy atom. The van der Waals surface area contributed by atoms with Gasteiger partial charge < -0.3 is 10.0 Å². The van der Waals surface area contributed by atoms with Gasteiger partial charge >= 0.3 is 0 Å². The molecule has 2 atom stereocenters. The van der Waals surface area contributed by atoms with Gasteiger partial charge in [-0.3, -0.25) is 4.90 Å². The van der Waals surface area contributed by atoms with Gasteiger partial charge in [0.1, 0.15) is 10.8 Å². The molecule has 0 radical (unpaired) electrons. The number of halogens is 1. The summed E-state index contributed by atoms with van der Waals surface area (Å²) in [7, 11) is 0. The summed E-state index contributed by atoms with van der Waals surface area (Å²) in [4.78, 5) is 4.65. The lowest BCUT2D eigenvalue weighted by molar-refractivity contribution is 0.0885. The number of aromatic nitrogens is 2. The highest BCUT2D eigenvalue weighted by atomic mass is 32.1. The average molecular weight is 364 g/mol. The minimum atomic E-state index is -0.301. The monoisotopic (exact) mass is 364 g/mol. The highest BCUT2D eigenvalue weighted by Crippen LogP contribution is 2.25. The van der Waals surface area contributed by atoms with E-state index in [2.05, 4.69) is 26.9 Å². The topological polar surface area (TPSA) is 52.5 Å². The van der Waals surface area contributed by atoms with Crippen molar-refractivity contribution in [2.24, 2.45) is 0 Å². The molecule has 25 heavy (non-hydrogen) atoms. The second kappa shape index (κ2) is 8.21. The molecule has 1 aromatic carbocycles. The van der Waals surface area contributed by atoms with E-state index >= 15 is 0 Å². The van der Waals surface area contributed by atoms with E-state index in [0.717, 1.165) is 48.3 Å². The highest BCUT2D eigenvalue weighted by molar-refractivity contribution is 7.15. The van der Waals surface area contributed by atoms with Gasteiger partial charge in [-0.1, -0.05) is 30.4 Å². The van der Waals surface area contributed by atoms with Crippen LogP contribution in [-0.2, 0) is 6.42 Å². The Morgan fingerprint density at radius 1 is 1.28 bits per heavy atom. The van der Waals surface area contributed by atoms with Gasteiger partial charge in [0.15, 0.2) is 0 Å². The summed E-state index contributed by atoms with van der Waals surface area (Å²) in [6, 6.07) is 6.96. The molecular weight excluding hydrogens is 339 g/mol. The van der Waals surface area contributed by atoms with E-state index in [4.69, 9.17) is 0 Å². The number of aliphatic hydroxyl groups is 1. The summed E-state index contributed by atoms with van der Waals surface area (Å²) in [5.74, 6) is -0.220. The number of rotatable bonds is 6. The molecule has 1 aliphatic heterocycles. The molecule has 1 aromatic heterocycles. The summed E-state index contributed by atoms with van der Waals surface area (Å²) in [6.07, 6.45) is 1.42. The van der Waals surface area contributed by atoms with E-state index in [1.165, 1.54) is 12.1 Å². The van der Waals surface area contributed by atoms with Crippen molar-refractivity contribution in [3.05, 3.63) is 40.7 Å². The molecule has 1 N–H and O–H groups in total. The Hall–Kier alpha value is -1.57. The standard InChI is InChI=1S/C18H25FN4OS/c1-3-16-12-23(9-8-22(16)11-13(2)24)18-21-20-17(25-18)10-14-4-6-15(19)7-5-14/h4-7,13,16,24H,3,8-12H2,1-2H3. The summed E-state index contributed by atoms with van der Waals surface area (Å²) in [5, 5.41) is 20.2. The fraction of sp³-hybridized carbons (Fsp3) is 0.556. The van der Waals surface area contributed by atoms with Crippen molar-refractivity contribution in [1.29, 1.82) is 0 Å². The number of piperazine rings is 1. The van der Waals surface area contributed by atoms with Crippen LogP contribution < -0.4 is 4.90 Å². The molecule has 0 amide bonds. The quantitative estimate of drug-likeness (QED) is 0.854. The van der Waals surface area contributed by atoms with Crippen LogP contribution >= 0.6 is 11.3 Å². The molecule has 2 aromatic rings. The molecule has 1 saturated heterocycles. The van der Waals surface area contributed by atoms with Crippen molar-refractivity contribution in [3.63, 3.8) is 0 Å². The van der Waals surface area contributed by atoms with E-state index in [9.17, 15) is 9.50 Å². The predicted octanol–water partition coefficient (Wildman–Crippen LogP) is 2.55. The first-order chi connectivity index (χ1) is 12.0. The second-order valence-electron chi connectivity index (χ2n) is 6.63. The number of hydrogen-bond donors (Lipinski definition) is 1. The van der Waals surface area contributed by atoms with Crippen LogP contribution in [0.4, 0.5) is 9.52 Å². The summed E-state index contributed by atoms with van der Waals surface area (Å²) in [5.41, 5.74) is 1.04. The smallest absolute Gasteiger partial charge is 0.208 e. The maximum absolute atomic E-state index is 13.0. The summed E-state index contributed by atoms with van der Waals surface area (Å²) < 4.78 is 13.0. The number of hydrogen-bond acceptors (Lipinski definition) is 6. The van der Waals surface area contributed by atoms with E-state index < -0.39 is 0 Å². The zero-order valence-electron chi connectivity index (χ0n) is 14.7. The van der Waals surface area contributed by atoms with Crippen molar-refractivity contribution in [1.82, 2.24) is 15.1 Å². The van der Waals surface area contributed by atoms with Crippen LogP contribution in [0.1, 0.15) is 30.8 Å². The first-order valence-corrected chi connectivity index (χ1v) is 9.60. The van der Waals surface area contributed by atoms with Crippen LogP contribution in [-0.4, -0.2) is 58.5 Å². The number of anilines is 1. The van der Waals surface area contributed by atoms with Crippen molar-refractivity contribution in [2.45, 2.75) is 38.8 Å². The fourth-order valence-corrected chi connectivity index (χ4v) is 4.16. The van der Waals surface area contributed by atoms with E-state index in [1.807, 2.05) is 6.92 Å². The molecular formula is C18H25FN4OS. The Balaban J connectivity index is 1.63. The largest absolute Gasteiger partial charge is 0.392 e. The van der Waals surface area contributed by atoms with Gasteiger partial charge in [-0.2, -0.15) is 0 Å². The van der Waals surface area contributed by atoms with Gasteiger partial charge in [0.2, 0.25) is 5.13 Å². The van der Waals surface area contributed by atoms with Crippen molar-refractivity contribution >= 4 is 16.5 Å². The third-order valence-corrected chi connectivity index (χ3v) is 5.55. The predicted molar refractivity (Wildman–Crippen MR) is 98.7 cm³/mol. The molecule has 1 aliphatic rings. The Morgan fingerprint density at radius 2 is 2.04 bits per heavy atom. The number of nitrogens with zero attached hydrogens (tertiary/aromatic N) is 4. The fourth-order valence-electron chi connectivity index (χ4n) is 3.25. The summed E-state index contributed by atoms with van der Waals surface area (Å²) >= 11 is 1.61. The molecule has 3 rings (SSSR count). The van der Waals surface area contributed by atoms with Crippen LogP contribution in [0.15, 0.2) is 24.3 Å². The van der Waals surface area contributed by atoms with E-state index in [-0.39, 0.29) is 11.9 Å². The Bertz CT molecular complexity index is 676. The molecule has 0 spiro atoms. The molecule has 1 fully saturated rings. The van der Waals surface area contributed by atoms with Gasteiger partial charge in [0, 0.05) is 38.6 Å². The van der Waals surface area contributed by atoms with Gasteiger partial charge in [-0.15, -0.1) is 10.2 Å². The maximum atomic E-state index is 13.0. The molecule has 5 nitrogen and oxygen atoms in total. The Kier molecular flexibility index (Phi) is 5.98. The Labute approximate surface area is 152 Å². The molecule has 7 heteroatoms. The third-order valence-electron chi connectivity index (χ3n) is 4.57. The molecule has 2 heterocycles. The zero-order valence-corrected chi connectivity index (χ0v) is 15.5. The molecule has 0 saturated carbocycles. The van der Waals surface area contributed by atoms with Gasteiger partial charge in [-0.25, -0.2) is 4.39 Å². The van der Waals surface area contributed by atoms with Crippen LogP contribution in [0, 0.1) is 5.82 Å². The minimum Gasteiger partial charge on any atom is -0.392 e. The lowest BCUT2D eigenvalue weighted by Crippen LogP contribution is -2.54. The second-order valence-corrected chi connectivity index (χ2v) is 7.67. The zero-order chi connectivity index (χ0) is 17.8. The number of benzene rings is 1. The van der Waals surface area contributed by atoms with Crippen molar-refractivity contribution < 1.29 is 9.50 Å². The average Bonchev–Trinajstić information content (AvgIpc) is 3.05. The lowest BCUT2D eigenvalue weighted by Gasteiger charge is -2.41. The molecule has 0 bridgehead atoms. The van der Waals surface area contributed by atoms with E-state index in [0.29, 0.717) is 12.5 Å².